The van der Waals surface area contributed by atoms with Crippen molar-refractivity contribution in [2.75, 3.05) is 12.4 Å². The van der Waals surface area contributed by atoms with Gasteiger partial charge >= 0.3 is 5.97 Å². The minimum absolute atomic E-state index is 0.198. The van der Waals surface area contributed by atoms with Crippen molar-refractivity contribution in [3.63, 3.8) is 0 Å². The fraction of sp³-hybridized carbons (Fsp3) is 0.111. The molecule has 5 nitrogen and oxygen atoms in total. The summed E-state index contributed by atoms with van der Waals surface area (Å²) >= 11 is 0. The predicted octanol–water partition coefficient (Wildman–Crippen LogP) is 3.52. The van der Waals surface area contributed by atoms with Crippen molar-refractivity contribution in [2.24, 2.45) is 0 Å². The molecule has 0 aliphatic heterocycles. The maximum Gasteiger partial charge on any atom is 0.337 e. The van der Waals surface area contributed by atoms with Gasteiger partial charge in [0.1, 0.15) is 0 Å². The van der Waals surface area contributed by atoms with Crippen molar-refractivity contribution >= 4 is 28.5 Å². The molecule has 0 fully saturated rings. The Bertz CT molecular complexity index is 879. The van der Waals surface area contributed by atoms with Crippen LogP contribution in [0, 0.1) is 6.92 Å². The van der Waals surface area contributed by atoms with E-state index in [1.807, 2.05) is 25.1 Å². The van der Waals surface area contributed by atoms with E-state index in [0.717, 1.165) is 16.6 Å². The zero-order chi connectivity index (χ0) is 16.4. The molecular weight excluding hydrogens is 292 g/mol. The van der Waals surface area contributed by atoms with E-state index in [4.69, 9.17) is 0 Å². The second-order valence-corrected chi connectivity index (χ2v) is 5.28. The lowest BCUT2D eigenvalue weighted by Gasteiger charge is -2.06. The lowest BCUT2D eigenvalue weighted by Crippen LogP contribution is -2.12. The number of esters is 1. The summed E-state index contributed by atoms with van der Waals surface area (Å²) in [5.74, 6) is -0.604. The smallest absolute Gasteiger partial charge is 0.337 e. The Morgan fingerprint density at radius 2 is 1.70 bits per heavy atom. The van der Waals surface area contributed by atoms with Gasteiger partial charge in [-0.2, -0.15) is 0 Å². The number of benzene rings is 2. The molecule has 1 amide bonds. The third-order valence-electron chi connectivity index (χ3n) is 3.58. The van der Waals surface area contributed by atoms with Crippen LogP contribution in [-0.4, -0.2) is 24.0 Å². The van der Waals surface area contributed by atoms with Crippen molar-refractivity contribution in [1.82, 2.24) is 4.98 Å². The monoisotopic (exact) mass is 308 g/mol. The van der Waals surface area contributed by atoms with Gasteiger partial charge in [-0.05, 0) is 55.5 Å². The molecule has 116 valence electrons. The van der Waals surface area contributed by atoms with Crippen molar-refractivity contribution < 1.29 is 14.3 Å². The standard InChI is InChI=1S/C18H16N2O3/c1-11-9-14-10-13(5-8-16(14)19-11)17(21)20-15-6-3-12(4-7-15)18(22)23-2/h3-10,19H,1-2H3,(H,20,21). The van der Waals surface area contributed by atoms with Crippen LogP contribution in [0.25, 0.3) is 10.9 Å². The number of H-pyrrole nitrogens is 1. The quantitative estimate of drug-likeness (QED) is 0.727. The van der Waals surface area contributed by atoms with E-state index in [0.29, 0.717) is 16.8 Å². The zero-order valence-electron chi connectivity index (χ0n) is 12.8. The second kappa shape index (κ2) is 5.96. The number of hydrogen-bond acceptors (Lipinski definition) is 3. The number of aromatic nitrogens is 1. The fourth-order valence-electron chi connectivity index (χ4n) is 2.43. The molecule has 0 radical (unpaired) electrons. The predicted molar refractivity (Wildman–Crippen MR) is 88.8 cm³/mol. The van der Waals surface area contributed by atoms with Crippen molar-refractivity contribution in [3.05, 3.63) is 65.4 Å². The Labute approximate surface area is 133 Å². The van der Waals surface area contributed by atoms with Gasteiger partial charge < -0.3 is 15.0 Å². The molecule has 0 spiro atoms. The molecule has 0 saturated carbocycles. The van der Waals surface area contributed by atoms with E-state index in [-0.39, 0.29) is 5.91 Å². The molecule has 0 saturated heterocycles. The van der Waals surface area contributed by atoms with Crippen LogP contribution in [0.15, 0.2) is 48.5 Å². The number of aromatic amines is 1. The molecule has 1 aromatic heterocycles. The first-order valence-electron chi connectivity index (χ1n) is 7.16. The molecule has 23 heavy (non-hydrogen) atoms. The molecule has 2 N–H and O–H groups in total. The minimum Gasteiger partial charge on any atom is -0.465 e. The topological polar surface area (TPSA) is 71.2 Å². The first-order chi connectivity index (χ1) is 11.1. The van der Waals surface area contributed by atoms with Gasteiger partial charge in [0.15, 0.2) is 0 Å². The molecule has 2 aromatic carbocycles. The molecule has 0 bridgehead atoms. The van der Waals surface area contributed by atoms with Gasteiger partial charge in [-0.25, -0.2) is 4.79 Å². The number of rotatable bonds is 3. The Morgan fingerprint density at radius 3 is 2.39 bits per heavy atom. The Morgan fingerprint density at radius 1 is 1.00 bits per heavy atom. The molecule has 1 heterocycles. The van der Waals surface area contributed by atoms with Gasteiger partial charge in [-0.15, -0.1) is 0 Å². The number of carbonyl (C=O) groups excluding carboxylic acids is 2. The van der Waals surface area contributed by atoms with Gasteiger partial charge in [0.05, 0.1) is 12.7 Å². The number of carbonyl (C=O) groups is 2. The highest BCUT2D eigenvalue weighted by Gasteiger charge is 2.09. The Hall–Kier alpha value is -3.08. The van der Waals surface area contributed by atoms with Crippen molar-refractivity contribution in [2.45, 2.75) is 6.92 Å². The molecular formula is C18H16N2O3. The van der Waals surface area contributed by atoms with Crippen molar-refractivity contribution in [1.29, 1.82) is 0 Å². The highest BCUT2D eigenvalue weighted by Crippen LogP contribution is 2.18. The lowest BCUT2D eigenvalue weighted by molar-refractivity contribution is 0.0600. The molecule has 0 unspecified atom stereocenters. The van der Waals surface area contributed by atoms with E-state index in [9.17, 15) is 9.59 Å². The summed E-state index contributed by atoms with van der Waals surface area (Å²) in [5.41, 5.74) is 3.69. The molecule has 0 aliphatic rings. The van der Waals surface area contributed by atoms with Crippen molar-refractivity contribution in [3.8, 4) is 0 Å². The van der Waals surface area contributed by atoms with Crippen LogP contribution >= 0.6 is 0 Å². The summed E-state index contributed by atoms with van der Waals surface area (Å²) in [6, 6.07) is 14.1. The van der Waals surface area contributed by atoms with Crippen LogP contribution in [0.1, 0.15) is 26.4 Å². The van der Waals surface area contributed by atoms with Gasteiger partial charge in [-0.3, -0.25) is 4.79 Å². The first-order valence-corrected chi connectivity index (χ1v) is 7.16. The summed E-state index contributed by atoms with van der Waals surface area (Å²) in [5, 5.41) is 3.81. The van der Waals surface area contributed by atoms with Crippen LogP contribution in [0.2, 0.25) is 0 Å². The number of fused-ring (bicyclic) bond motifs is 1. The summed E-state index contributed by atoms with van der Waals surface area (Å²) in [4.78, 5) is 26.9. The van der Waals surface area contributed by atoms with E-state index in [1.54, 1.807) is 30.3 Å². The number of aryl methyl sites for hydroxylation is 1. The minimum atomic E-state index is -0.406. The second-order valence-electron chi connectivity index (χ2n) is 5.28. The number of anilines is 1. The van der Waals surface area contributed by atoms with Crippen LogP contribution in [0.3, 0.4) is 0 Å². The van der Waals surface area contributed by atoms with Gasteiger partial charge in [0.2, 0.25) is 0 Å². The Kier molecular flexibility index (Phi) is 3.85. The average Bonchev–Trinajstić information content (AvgIpc) is 2.93. The van der Waals surface area contributed by atoms with E-state index >= 15 is 0 Å². The molecule has 5 heteroatoms. The van der Waals surface area contributed by atoms with Crippen LogP contribution in [0.4, 0.5) is 5.69 Å². The highest BCUT2D eigenvalue weighted by atomic mass is 16.5. The zero-order valence-corrected chi connectivity index (χ0v) is 12.8. The number of nitrogens with one attached hydrogen (secondary N) is 2. The third kappa shape index (κ3) is 3.08. The molecule has 3 rings (SSSR count). The largest absolute Gasteiger partial charge is 0.465 e. The Balaban J connectivity index is 1.78. The number of amides is 1. The highest BCUT2D eigenvalue weighted by molar-refractivity contribution is 6.06. The van der Waals surface area contributed by atoms with Crippen LogP contribution in [0.5, 0.6) is 0 Å². The average molecular weight is 308 g/mol. The fourth-order valence-corrected chi connectivity index (χ4v) is 2.43. The summed E-state index contributed by atoms with van der Waals surface area (Å²) in [6.45, 7) is 1.97. The summed E-state index contributed by atoms with van der Waals surface area (Å²) < 4.78 is 4.64. The maximum atomic E-state index is 12.3. The van der Waals surface area contributed by atoms with Crippen LogP contribution < -0.4 is 5.32 Å². The van der Waals surface area contributed by atoms with E-state index < -0.39 is 5.97 Å². The number of hydrogen-bond donors (Lipinski definition) is 2. The first kappa shape index (κ1) is 14.8. The third-order valence-corrected chi connectivity index (χ3v) is 3.58. The van der Waals surface area contributed by atoms with E-state index in [1.165, 1.54) is 7.11 Å². The summed E-state index contributed by atoms with van der Waals surface area (Å²) in [7, 11) is 1.33. The molecule has 0 atom stereocenters. The number of methoxy groups -OCH3 is 1. The molecule has 3 aromatic rings. The summed E-state index contributed by atoms with van der Waals surface area (Å²) in [6.07, 6.45) is 0. The van der Waals surface area contributed by atoms with E-state index in [2.05, 4.69) is 15.0 Å². The maximum absolute atomic E-state index is 12.3. The molecule has 0 aliphatic carbocycles. The lowest BCUT2D eigenvalue weighted by atomic mass is 10.1. The van der Waals surface area contributed by atoms with Gasteiger partial charge in [0.25, 0.3) is 5.91 Å². The van der Waals surface area contributed by atoms with Crippen LogP contribution in [-0.2, 0) is 4.74 Å². The normalized spacial score (nSPS) is 10.5. The van der Waals surface area contributed by atoms with Gasteiger partial charge in [-0.1, -0.05) is 0 Å². The number of ether oxygens (including phenoxy) is 1. The SMILES string of the molecule is COC(=O)c1ccc(NC(=O)c2ccc3[nH]c(C)cc3c2)cc1. The van der Waals surface area contributed by atoms with Gasteiger partial charge in [0, 0.05) is 27.8 Å².